The molecule has 0 aromatic carbocycles. The zero-order valence-electron chi connectivity index (χ0n) is 28.5. The molecule has 8 nitrogen and oxygen atoms in total. The second-order valence-corrected chi connectivity index (χ2v) is 16.8. The van der Waals surface area contributed by atoms with E-state index >= 15 is 0 Å². The average Bonchev–Trinajstić information content (AvgIpc) is 2.90. The van der Waals surface area contributed by atoms with Gasteiger partial charge in [-0.05, 0) is 85.4 Å². The summed E-state index contributed by atoms with van der Waals surface area (Å²) in [5, 5.41) is 10.9. The number of hydrogen-bond donors (Lipinski definition) is 2. The van der Waals surface area contributed by atoms with Crippen LogP contribution in [0.3, 0.4) is 0 Å². The molecule has 1 heterocycles. The van der Waals surface area contributed by atoms with Crippen LogP contribution < -0.4 is 5.73 Å². The molecule has 1 saturated heterocycles. The van der Waals surface area contributed by atoms with E-state index in [2.05, 4.69) is 54.5 Å². The van der Waals surface area contributed by atoms with Gasteiger partial charge in [0.25, 0.3) is 0 Å². The van der Waals surface area contributed by atoms with E-state index in [4.69, 9.17) is 19.9 Å². The summed E-state index contributed by atoms with van der Waals surface area (Å²) < 4.78 is 18.6. The maximum absolute atomic E-state index is 13.3. The molecule has 5 aliphatic rings. The normalized spacial score (nSPS) is 46.0. The van der Waals surface area contributed by atoms with Crippen LogP contribution in [0.5, 0.6) is 0 Å². The summed E-state index contributed by atoms with van der Waals surface area (Å²) in [5.41, 5.74) is 5.46. The van der Waals surface area contributed by atoms with Crippen molar-refractivity contribution in [3.63, 3.8) is 0 Å². The molecule has 0 aromatic rings. The number of allylic oxidation sites excluding steroid dienone is 1. The second kappa shape index (κ2) is 11.1. The molecule has 4 fully saturated rings. The Balaban J connectivity index is 1.59. The van der Waals surface area contributed by atoms with E-state index in [0.717, 1.165) is 25.7 Å². The SMILES string of the molecule is CC(=O)O[C@@H]1C[C@@]23COC[C@@](C)([C@@H]2CC[C@H]2C3=CC[C@@]3(C)[C@H](C(=O)O)[C@@](C)(C(C)C(C)C)CC[C@]23C)[C@H]1OC(=O)CC(C)N. The molecular formula is C36H57NO7. The van der Waals surface area contributed by atoms with Crippen molar-refractivity contribution >= 4 is 17.9 Å². The van der Waals surface area contributed by atoms with Crippen LogP contribution in [0, 0.1) is 56.7 Å². The fraction of sp³-hybridized carbons (Fsp3) is 0.861. The van der Waals surface area contributed by atoms with Crippen molar-refractivity contribution in [2.75, 3.05) is 13.2 Å². The summed E-state index contributed by atoms with van der Waals surface area (Å²) in [6, 6.07) is -0.332. The highest BCUT2D eigenvalue weighted by Crippen LogP contribution is 2.75. The minimum atomic E-state index is -0.672. The van der Waals surface area contributed by atoms with Gasteiger partial charge in [0.05, 0.1) is 25.6 Å². The number of esters is 2. The van der Waals surface area contributed by atoms with Gasteiger partial charge in [-0.25, -0.2) is 0 Å². The Morgan fingerprint density at radius 2 is 1.70 bits per heavy atom. The Morgan fingerprint density at radius 1 is 1.02 bits per heavy atom. The Labute approximate surface area is 264 Å². The van der Waals surface area contributed by atoms with Crippen molar-refractivity contribution in [1.29, 1.82) is 0 Å². The van der Waals surface area contributed by atoms with Crippen LogP contribution in [0.2, 0.25) is 0 Å². The van der Waals surface area contributed by atoms with Crippen molar-refractivity contribution in [3.8, 4) is 0 Å². The molecule has 3 N–H and O–H groups in total. The fourth-order valence-electron chi connectivity index (χ4n) is 11.6. The van der Waals surface area contributed by atoms with Gasteiger partial charge in [0.1, 0.15) is 12.2 Å². The number of carboxylic acids is 1. The number of fused-ring (bicyclic) bond motifs is 3. The fourth-order valence-corrected chi connectivity index (χ4v) is 11.6. The number of nitrogens with two attached hydrogens (primary N) is 1. The number of carboxylic acid groups (broad SMARTS) is 1. The minimum absolute atomic E-state index is 0.0965. The highest BCUT2D eigenvalue weighted by Gasteiger charge is 2.72. The third-order valence-corrected chi connectivity index (χ3v) is 14.1. The van der Waals surface area contributed by atoms with Gasteiger partial charge in [-0.3, -0.25) is 14.4 Å². The number of carbonyl (C=O) groups excluding carboxylic acids is 2. The van der Waals surface area contributed by atoms with Gasteiger partial charge in [-0.1, -0.05) is 60.1 Å². The minimum Gasteiger partial charge on any atom is -0.481 e. The van der Waals surface area contributed by atoms with E-state index in [1.54, 1.807) is 6.92 Å². The highest BCUT2D eigenvalue weighted by molar-refractivity contribution is 5.73. The van der Waals surface area contributed by atoms with Gasteiger partial charge in [0, 0.05) is 23.8 Å². The van der Waals surface area contributed by atoms with Crippen molar-refractivity contribution in [1.82, 2.24) is 0 Å². The van der Waals surface area contributed by atoms with Gasteiger partial charge in [0.15, 0.2) is 0 Å². The molecule has 1 aliphatic heterocycles. The molecule has 3 saturated carbocycles. The van der Waals surface area contributed by atoms with E-state index in [-0.39, 0.29) is 58.4 Å². The summed E-state index contributed by atoms with van der Waals surface area (Å²) in [5.74, 6) is -0.830. The summed E-state index contributed by atoms with van der Waals surface area (Å²) in [4.78, 5) is 38.7. The van der Waals surface area contributed by atoms with Crippen LogP contribution in [0.1, 0.15) is 107 Å². The zero-order valence-corrected chi connectivity index (χ0v) is 28.5. The quantitative estimate of drug-likeness (QED) is 0.258. The molecule has 8 heteroatoms. The first-order valence-corrected chi connectivity index (χ1v) is 17.0. The maximum Gasteiger partial charge on any atom is 0.307 e. The van der Waals surface area contributed by atoms with Crippen molar-refractivity contribution in [2.45, 2.75) is 126 Å². The average molecular weight is 616 g/mol. The van der Waals surface area contributed by atoms with Gasteiger partial charge in [0.2, 0.25) is 0 Å². The molecule has 0 radical (unpaired) electrons. The van der Waals surface area contributed by atoms with E-state index in [1.165, 1.54) is 12.5 Å². The third-order valence-electron chi connectivity index (χ3n) is 14.1. The third kappa shape index (κ3) is 4.70. The van der Waals surface area contributed by atoms with E-state index in [1.807, 2.05) is 0 Å². The number of ether oxygens (including phenoxy) is 3. The molecule has 0 aromatic heterocycles. The predicted octanol–water partition coefficient (Wildman–Crippen LogP) is 6.16. The lowest BCUT2D eigenvalue weighted by Crippen LogP contribution is -2.70. The Bertz CT molecular complexity index is 1210. The second-order valence-electron chi connectivity index (χ2n) is 16.8. The molecule has 44 heavy (non-hydrogen) atoms. The molecule has 248 valence electrons. The van der Waals surface area contributed by atoms with E-state index < -0.39 is 34.9 Å². The highest BCUT2D eigenvalue weighted by atomic mass is 16.6. The molecule has 0 spiro atoms. The van der Waals surface area contributed by atoms with Crippen molar-refractivity contribution < 1.29 is 33.7 Å². The molecule has 5 rings (SSSR count). The molecular weight excluding hydrogens is 558 g/mol. The standard InChI is InChI=1S/C36H57NO7/c1-20(2)22(4)32(6)14-15-34(8)24-10-11-27-33(7)18-42-19-36(27,25(24)12-13-35(34,9)29(32)31(40)41)17-26(43-23(5)38)30(33)44-28(39)16-21(3)37/h12,20-22,24,26-27,29-30H,10-11,13-19,37H2,1-9H3,(H,40,41)/t21?,22?,24-,26+,27-,29+,30-,32+,33-,34+,35-,36-/m0/s1. The Hall–Kier alpha value is -1.93. The van der Waals surface area contributed by atoms with Gasteiger partial charge in [-0.15, -0.1) is 0 Å². The van der Waals surface area contributed by atoms with Gasteiger partial charge < -0.3 is 25.1 Å². The smallest absolute Gasteiger partial charge is 0.307 e. The largest absolute Gasteiger partial charge is 0.481 e. The molecule has 0 amide bonds. The number of carbonyl (C=O) groups is 3. The first kappa shape index (κ1) is 33.4. The lowest BCUT2D eigenvalue weighted by molar-refractivity contribution is -0.263. The predicted molar refractivity (Wildman–Crippen MR) is 167 cm³/mol. The van der Waals surface area contributed by atoms with Crippen LogP contribution >= 0.6 is 0 Å². The van der Waals surface area contributed by atoms with Crippen LogP contribution in [0.4, 0.5) is 0 Å². The van der Waals surface area contributed by atoms with Crippen LogP contribution in [0.25, 0.3) is 0 Å². The maximum atomic E-state index is 13.3. The summed E-state index contributed by atoms with van der Waals surface area (Å²) in [6.45, 7) is 19.8. The van der Waals surface area contributed by atoms with Crippen LogP contribution in [0.15, 0.2) is 11.6 Å². The number of hydrogen-bond acceptors (Lipinski definition) is 7. The zero-order chi connectivity index (χ0) is 32.6. The summed E-state index contributed by atoms with van der Waals surface area (Å²) >= 11 is 0. The summed E-state index contributed by atoms with van der Waals surface area (Å²) in [6.07, 6.45) is 6.24. The monoisotopic (exact) mass is 615 g/mol. The van der Waals surface area contributed by atoms with Crippen LogP contribution in [-0.2, 0) is 28.6 Å². The number of aliphatic carboxylic acids is 1. The first-order chi connectivity index (χ1) is 20.4. The Kier molecular flexibility index (Phi) is 8.44. The lowest BCUT2D eigenvalue weighted by Gasteiger charge is -2.71. The first-order valence-electron chi connectivity index (χ1n) is 17.0. The van der Waals surface area contributed by atoms with E-state index in [0.29, 0.717) is 32.0 Å². The van der Waals surface area contributed by atoms with Gasteiger partial charge >= 0.3 is 17.9 Å². The molecule has 12 atom stereocenters. The topological polar surface area (TPSA) is 125 Å². The van der Waals surface area contributed by atoms with Gasteiger partial charge in [-0.2, -0.15) is 0 Å². The molecule has 4 aliphatic carbocycles. The molecule has 2 unspecified atom stereocenters. The van der Waals surface area contributed by atoms with Crippen molar-refractivity contribution in [2.24, 2.45) is 62.4 Å². The van der Waals surface area contributed by atoms with Crippen molar-refractivity contribution in [3.05, 3.63) is 11.6 Å². The molecule has 2 bridgehead atoms. The van der Waals surface area contributed by atoms with Crippen LogP contribution in [-0.4, -0.2) is 54.5 Å². The Morgan fingerprint density at radius 3 is 2.30 bits per heavy atom. The number of rotatable bonds is 7. The lowest BCUT2D eigenvalue weighted by atomic mass is 9.34. The summed E-state index contributed by atoms with van der Waals surface area (Å²) in [7, 11) is 0. The van der Waals surface area contributed by atoms with E-state index in [9.17, 15) is 19.5 Å².